The van der Waals surface area contributed by atoms with Crippen LogP contribution in [0.15, 0.2) is 18.2 Å². The van der Waals surface area contributed by atoms with Gasteiger partial charge >= 0.3 is 12.1 Å². The van der Waals surface area contributed by atoms with Crippen molar-refractivity contribution in [2.45, 2.75) is 78.5 Å². The van der Waals surface area contributed by atoms with Crippen molar-refractivity contribution >= 4 is 41.4 Å². The molecular formula is C30H47N5O10. The Kier molecular flexibility index (Phi) is 17.0. The van der Waals surface area contributed by atoms with E-state index in [0.29, 0.717) is 19.4 Å². The van der Waals surface area contributed by atoms with Gasteiger partial charge in [-0.3, -0.25) is 19.2 Å². The van der Waals surface area contributed by atoms with Crippen LogP contribution in [0.3, 0.4) is 0 Å². The predicted molar refractivity (Wildman–Crippen MR) is 165 cm³/mol. The first-order chi connectivity index (χ1) is 21.1. The Morgan fingerprint density at radius 2 is 1.56 bits per heavy atom. The molecule has 0 heterocycles. The van der Waals surface area contributed by atoms with E-state index in [1.54, 1.807) is 20.8 Å². The minimum absolute atomic E-state index is 0.0435. The van der Waals surface area contributed by atoms with Crippen molar-refractivity contribution in [3.8, 4) is 5.75 Å². The second-order valence-corrected chi connectivity index (χ2v) is 11.0. The molecule has 0 bridgehead atoms. The Morgan fingerprint density at radius 3 is 2.18 bits per heavy atom. The van der Waals surface area contributed by atoms with Gasteiger partial charge in [0.25, 0.3) is 0 Å². The van der Waals surface area contributed by atoms with Crippen molar-refractivity contribution in [1.29, 1.82) is 0 Å². The number of nitrogens with one attached hydrogen (secondary N) is 5. The number of rotatable bonds is 18. The van der Waals surface area contributed by atoms with Crippen LogP contribution in [0.25, 0.3) is 0 Å². The predicted octanol–water partition coefficient (Wildman–Crippen LogP) is 1.65. The number of amides is 5. The summed E-state index contributed by atoms with van der Waals surface area (Å²) >= 11 is 0. The molecule has 0 aliphatic heterocycles. The zero-order valence-electron chi connectivity index (χ0n) is 27.1. The van der Waals surface area contributed by atoms with Gasteiger partial charge in [-0.2, -0.15) is 0 Å². The van der Waals surface area contributed by atoms with E-state index in [4.69, 9.17) is 18.9 Å². The Morgan fingerprint density at radius 1 is 0.844 bits per heavy atom. The molecule has 0 unspecified atom stereocenters. The maximum absolute atomic E-state index is 13.3. The third-order valence-electron chi connectivity index (χ3n) is 5.79. The van der Waals surface area contributed by atoms with E-state index in [-0.39, 0.29) is 55.7 Å². The first-order valence-electron chi connectivity index (χ1n) is 14.7. The molecule has 15 heteroatoms. The lowest BCUT2D eigenvalue weighted by Gasteiger charge is -2.21. The van der Waals surface area contributed by atoms with Crippen molar-refractivity contribution in [2.75, 3.05) is 45.3 Å². The highest BCUT2D eigenvalue weighted by atomic mass is 16.6. The first kappa shape index (κ1) is 38.6. The molecule has 0 aliphatic carbocycles. The summed E-state index contributed by atoms with van der Waals surface area (Å²) in [6.07, 6.45) is 0.785. The molecular weight excluding hydrogens is 590 g/mol. The molecule has 1 rings (SSSR count). The normalized spacial score (nSPS) is 12.2. The number of hydrogen-bond acceptors (Lipinski definition) is 10. The van der Waals surface area contributed by atoms with Crippen LogP contribution in [0.5, 0.6) is 5.75 Å². The molecule has 1 aromatic rings. The van der Waals surface area contributed by atoms with Crippen molar-refractivity contribution in [3.63, 3.8) is 0 Å². The summed E-state index contributed by atoms with van der Waals surface area (Å²) in [5, 5.41) is 13.1. The SMILES string of the molecule is COC(=O)c1ccc(NC(=O)[C@H](CCCCNC(C)=O)NC(=O)[C@H](C)NC(C)=O)cc1OCCOCCNC(=O)OC(C)(C)C. The summed E-state index contributed by atoms with van der Waals surface area (Å²) in [6, 6.07) is 2.54. The number of benzene rings is 1. The van der Waals surface area contributed by atoms with E-state index in [9.17, 15) is 28.8 Å². The summed E-state index contributed by atoms with van der Waals surface area (Å²) in [4.78, 5) is 72.4. The van der Waals surface area contributed by atoms with Gasteiger partial charge < -0.3 is 45.5 Å². The summed E-state index contributed by atoms with van der Waals surface area (Å²) < 4.78 is 21.2. The summed E-state index contributed by atoms with van der Waals surface area (Å²) in [5.74, 6) is -2.16. The molecule has 5 N–H and O–H groups in total. The number of unbranched alkanes of at least 4 members (excludes halogenated alkanes) is 1. The number of esters is 1. The molecule has 252 valence electrons. The number of ether oxygens (including phenoxy) is 4. The number of carbonyl (C=O) groups excluding carboxylic acids is 6. The molecule has 0 fully saturated rings. The Balaban J connectivity index is 2.86. The number of alkyl carbamates (subject to hydrolysis) is 1. The molecule has 0 spiro atoms. The fourth-order valence-corrected chi connectivity index (χ4v) is 3.75. The molecule has 1 aromatic carbocycles. The van der Waals surface area contributed by atoms with E-state index in [1.165, 1.54) is 46.1 Å². The maximum Gasteiger partial charge on any atom is 0.407 e. The van der Waals surface area contributed by atoms with Crippen LogP contribution in [-0.2, 0) is 33.4 Å². The summed E-state index contributed by atoms with van der Waals surface area (Å²) in [6.45, 7) is 10.5. The van der Waals surface area contributed by atoms with E-state index < -0.39 is 47.5 Å². The molecule has 0 aliphatic rings. The number of anilines is 1. The molecule has 0 radical (unpaired) electrons. The van der Waals surface area contributed by atoms with Gasteiger partial charge in [0, 0.05) is 38.7 Å². The standard InChI is InChI=1S/C30H47N5O10/c1-19(33-21(3)37)26(38)35-24(10-8-9-13-31-20(2)36)27(39)34-22-11-12-23(28(40)42-7)25(18-22)44-17-16-43-15-14-32-29(41)45-30(4,5)6/h11-12,18-19,24H,8-10,13-17H2,1-7H3,(H,31,36)(H,32,41)(H,33,37)(H,34,39)(H,35,38)/t19-,24-/m0/s1. The van der Waals surface area contributed by atoms with E-state index in [2.05, 4.69) is 26.6 Å². The average Bonchev–Trinajstić information content (AvgIpc) is 2.93. The average molecular weight is 638 g/mol. The zero-order chi connectivity index (χ0) is 34.0. The highest BCUT2D eigenvalue weighted by Crippen LogP contribution is 2.25. The van der Waals surface area contributed by atoms with Crippen LogP contribution in [0.1, 0.15) is 71.2 Å². The second-order valence-electron chi connectivity index (χ2n) is 11.0. The third kappa shape index (κ3) is 16.9. The van der Waals surface area contributed by atoms with Crippen LogP contribution in [0.2, 0.25) is 0 Å². The molecule has 0 saturated carbocycles. The van der Waals surface area contributed by atoms with Gasteiger partial charge in [-0.25, -0.2) is 9.59 Å². The van der Waals surface area contributed by atoms with Gasteiger partial charge in [0.05, 0.1) is 20.3 Å². The third-order valence-corrected chi connectivity index (χ3v) is 5.79. The zero-order valence-corrected chi connectivity index (χ0v) is 27.1. The van der Waals surface area contributed by atoms with Gasteiger partial charge in [0.15, 0.2) is 0 Å². The fraction of sp³-hybridized carbons (Fsp3) is 0.600. The van der Waals surface area contributed by atoms with Crippen LogP contribution in [0, 0.1) is 0 Å². The van der Waals surface area contributed by atoms with Crippen molar-refractivity contribution in [1.82, 2.24) is 21.3 Å². The molecule has 45 heavy (non-hydrogen) atoms. The molecule has 0 aromatic heterocycles. The van der Waals surface area contributed by atoms with Gasteiger partial charge in [0.2, 0.25) is 23.6 Å². The number of carbonyl (C=O) groups is 6. The van der Waals surface area contributed by atoms with Gasteiger partial charge in [0.1, 0.15) is 35.6 Å². The Labute approximate surface area is 263 Å². The molecule has 5 amide bonds. The number of hydrogen-bond donors (Lipinski definition) is 5. The fourth-order valence-electron chi connectivity index (χ4n) is 3.75. The van der Waals surface area contributed by atoms with Crippen molar-refractivity contribution < 1.29 is 47.7 Å². The number of methoxy groups -OCH3 is 1. The maximum atomic E-state index is 13.3. The van der Waals surface area contributed by atoms with E-state index in [1.807, 2.05) is 0 Å². The highest BCUT2D eigenvalue weighted by Gasteiger charge is 2.24. The minimum Gasteiger partial charge on any atom is -0.490 e. The highest BCUT2D eigenvalue weighted by molar-refractivity contribution is 5.99. The minimum atomic E-state index is -0.960. The topological polar surface area (TPSA) is 199 Å². The first-order valence-corrected chi connectivity index (χ1v) is 14.7. The summed E-state index contributed by atoms with van der Waals surface area (Å²) in [7, 11) is 1.23. The monoisotopic (exact) mass is 637 g/mol. The van der Waals surface area contributed by atoms with Crippen LogP contribution < -0.4 is 31.3 Å². The van der Waals surface area contributed by atoms with Crippen LogP contribution in [-0.4, -0.2) is 93.4 Å². The van der Waals surface area contributed by atoms with E-state index in [0.717, 1.165) is 0 Å². The lowest BCUT2D eigenvalue weighted by molar-refractivity contribution is -0.130. The van der Waals surface area contributed by atoms with Crippen molar-refractivity contribution in [3.05, 3.63) is 23.8 Å². The lowest BCUT2D eigenvalue weighted by atomic mass is 10.1. The van der Waals surface area contributed by atoms with Crippen LogP contribution in [0.4, 0.5) is 10.5 Å². The second kappa shape index (κ2) is 19.8. The quantitative estimate of drug-likeness (QED) is 0.116. The summed E-state index contributed by atoms with van der Waals surface area (Å²) in [5.41, 5.74) is -0.202. The van der Waals surface area contributed by atoms with Gasteiger partial charge in [-0.05, 0) is 59.1 Å². The van der Waals surface area contributed by atoms with E-state index >= 15 is 0 Å². The van der Waals surface area contributed by atoms with Gasteiger partial charge in [-0.15, -0.1) is 0 Å². The van der Waals surface area contributed by atoms with Gasteiger partial charge in [-0.1, -0.05) is 0 Å². The molecule has 0 saturated heterocycles. The lowest BCUT2D eigenvalue weighted by Crippen LogP contribution is -2.51. The smallest absolute Gasteiger partial charge is 0.407 e. The van der Waals surface area contributed by atoms with Crippen LogP contribution >= 0.6 is 0 Å². The molecule has 15 nitrogen and oxygen atoms in total. The molecule has 2 atom stereocenters. The Hall–Kier alpha value is -4.40. The Bertz CT molecular complexity index is 1170. The largest absolute Gasteiger partial charge is 0.490 e. The van der Waals surface area contributed by atoms with Crippen molar-refractivity contribution in [2.24, 2.45) is 0 Å².